The number of aliphatic imine (C=N–C) groups is 1. The lowest BCUT2D eigenvalue weighted by atomic mass is 9.98. The average molecular weight is 1150 g/mol. The number of primary amides is 1. The molecule has 0 spiro atoms. The lowest BCUT2D eigenvalue weighted by Gasteiger charge is -2.31. The lowest BCUT2D eigenvalue weighted by molar-refractivity contribution is -0.141. The number of nitrogens with zero attached hydrogens (tertiary/aromatic N) is 1. The molecular weight excluding hydrogens is 1060 g/mol. The first-order valence-electron chi connectivity index (χ1n) is 27.2. The molecule has 0 radical (unpaired) electrons. The van der Waals surface area contributed by atoms with Crippen molar-refractivity contribution in [2.24, 2.45) is 39.9 Å². The molecule has 0 aromatic carbocycles. The lowest BCUT2D eigenvalue weighted by Crippen LogP contribution is -2.63. The maximum absolute atomic E-state index is 14.1. The number of carboxylic acid groups (broad SMARTS) is 1. The first kappa shape index (κ1) is 73.2. The van der Waals surface area contributed by atoms with E-state index in [4.69, 9.17) is 17.2 Å². The number of guanidine groups is 1. The van der Waals surface area contributed by atoms with E-state index < -0.39 is 144 Å². The summed E-state index contributed by atoms with van der Waals surface area (Å²) in [7, 11) is 0. The summed E-state index contributed by atoms with van der Waals surface area (Å²) in [5.41, 5.74) is 14.2. The first-order valence-corrected chi connectivity index (χ1v) is 27.2. The summed E-state index contributed by atoms with van der Waals surface area (Å²) in [4.78, 5) is 174. The summed E-state index contributed by atoms with van der Waals surface area (Å²) in [6, 6.07) is -11.2. The van der Waals surface area contributed by atoms with Crippen LogP contribution in [-0.2, 0) is 57.5 Å². The third kappa shape index (κ3) is 30.9. The van der Waals surface area contributed by atoms with Crippen LogP contribution in [0.5, 0.6) is 0 Å². The Morgan fingerprint density at radius 3 is 1.44 bits per heavy atom. The highest BCUT2D eigenvalue weighted by Gasteiger charge is 2.37. The van der Waals surface area contributed by atoms with E-state index >= 15 is 0 Å². The molecule has 0 unspecified atom stereocenters. The van der Waals surface area contributed by atoms with Crippen molar-refractivity contribution in [3.8, 4) is 0 Å². The quantitative estimate of drug-likeness (QED) is 0.0163. The van der Waals surface area contributed by atoms with Gasteiger partial charge in [-0.1, -0.05) is 48.5 Å². The molecule has 81 heavy (non-hydrogen) atoms. The summed E-state index contributed by atoms with van der Waals surface area (Å²) < 4.78 is 0. The average Bonchev–Trinajstić information content (AvgIpc) is 3.34. The van der Waals surface area contributed by atoms with Gasteiger partial charge in [0.05, 0.1) is 13.0 Å². The highest BCUT2D eigenvalue weighted by atomic mass is 16.4. The van der Waals surface area contributed by atoms with Crippen molar-refractivity contribution in [2.75, 3.05) is 26.2 Å². The smallest absolute Gasteiger partial charge is 0.312 e. The van der Waals surface area contributed by atoms with Crippen molar-refractivity contribution in [1.82, 2.24) is 63.8 Å². The molecule has 30 nitrogen and oxygen atoms in total. The second-order valence-electron chi connectivity index (χ2n) is 21.4. The maximum Gasteiger partial charge on any atom is 0.312 e. The Labute approximate surface area is 473 Å². The van der Waals surface area contributed by atoms with Gasteiger partial charge in [-0.3, -0.25) is 62.5 Å². The summed E-state index contributed by atoms with van der Waals surface area (Å²) in [5.74, 6) is -10.7. The Bertz CT molecular complexity index is 2200. The molecular formula is C51H92N16O14. The van der Waals surface area contributed by atoms with Gasteiger partial charge < -0.3 is 86.1 Å². The van der Waals surface area contributed by atoms with Crippen LogP contribution in [0.2, 0.25) is 0 Å². The molecule has 0 rings (SSSR count). The molecule has 460 valence electrons. The van der Waals surface area contributed by atoms with Crippen LogP contribution < -0.4 is 81.0 Å². The van der Waals surface area contributed by atoms with Crippen LogP contribution in [0.25, 0.3) is 0 Å². The number of hydrogen-bond donors (Lipinski definition) is 16. The number of aliphatic carboxylic acids is 1. The summed E-state index contributed by atoms with van der Waals surface area (Å²) in [6.45, 7) is 19.1. The molecule has 19 N–H and O–H groups in total. The minimum atomic E-state index is -1.75. The number of rotatable bonds is 38. The Morgan fingerprint density at radius 1 is 0.506 bits per heavy atom. The predicted octanol–water partition coefficient (Wildman–Crippen LogP) is -3.42. The molecule has 0 aromatic rings. The van der Waals surface area contributed by atoms with Crippen LogP contribution in [0.15, 0.2) is 4.99 Å². The standard InChI is InChI=1S/C51H92N16O14/c1-13-31(43(75)64-36(23-28(7)8)45(77)63-33(18-16-20-57-50(54)81)47(79)67-51(11,12)48(80)66-34(21-26(3)4)42(74)55-14-2)62-40(72)29(9)59-44(76)35(22-27(5)6)65-46(78)37(24-39(70)71)61-38(69)25-58-41(73)32(60-30(10)68)17-15-19-56-49(52)53/h26-29,31-37H,13-25H2,1-12H3,(H,55,74)(H,58,73)(H,59,76)(H,60,68)(H,61,69)(H,62,72)(H,63,77)(H,64,75)(H,65,78)(H,66,80)(H,67,79)(H,70,71)(H4,52,53,56)(H3,54,57,81)/t29-,31-,32-,33-,34-,35-,36-,37-/m0/s1. The molecule has 0 aliphatic rings. The van der Waals surface area contributed by atoms with E-state index in [9.17, 15) is 67.4 Å². The van der Waals surface area contributed by atoms with Gasteiger partial charge in [-0.25, -0.2) is 4.79 Å². The largest absolute Gasteiger partial charge is 0.481 e. The molecule has 0 heterocycles. The zero-order chi connectivity index (χ0) is 62.3. The number of carboxylic acids is 1. The van der Waals surface area contributed by atoms with E-state index in [0.717, 1.165) is 0 Å². The molecule has 0 saturated carbocycles. The number of carbonyl (C=O) groups is 13. The Hall–Kier alpha value is -7.82. The third-order valence-electron chi connectivity index (χ3n) is 11.9. The van der Waals surface area contributed by atoms with Crippen molar-refractivity contribution < 1.29 is 67.4 Å². The van der Waals surface area contributed by atoms with E-state index in [1.54, 1.807) is 41.5 Å². The normalized spacial score (nSPS) is 14.1. The topological polar surface area (TPSA) is 477 Å². The summed E-state index contributed by atoms with van der Waals surface area (Å²) >= 11 is 0. The summed E-state index contributed by atoms with van der Waals surface area (Å²) in [5, 5.41) is 39.8. The third-order valence-corrected chi connectivity index (χ3v) is 11.9. The van der Waals surface area contributed by atoms with Crippen LogP contribution in [-0.4, -0.2) is 168 Å². The van der Waals surface area contributed by atoms with Gasteiger partial charge in [0.2, 0.25) is 65.0 Å². The van der Waals surface area contributed by atoms with Crippen molar-refractivity contribution in [3.05, 3.63) is 0 Å². The molecule has 0 saturated heterocycles. The number of nitrogens with two attached hydrogens (primary N) is 3. The van der Waals surface area contributed by atoms with Crippen molar-refractivity contribution >= 4 is 82.9 Å². The number of nitrogens with one attached hydrogen (secondary N) is 12. The second kappa shape index (κ2) is 37.2. The molecule has 0 aliphatic heterocycles. The van der Waals surface area contributed by atoms with Gasteiger partial charge in [0, 0.05) is 26.6 Å². The van der Waals surface area contributed by atoms with E-state index in [0.29, 0.717) is 13.0 Å². The molecule has 0 fully saturated rings. The molecule has 30 heteroatoms. The van der Waals surface area contributed by atoms with E-state index in [-0.39, 0.29) is 81.7 Å². The highest BCUT2D eigenvalue weighted by Crippen LogP contribution is 2.13. The molecule has 0 aromatic heterocycles. The van der Waals surface area contributed by atoms with Gasteiger partial charge in [-0.2, -0.15) is 0 Å². The number of amides is 13. The van der Waals surface area contributed by atoms with Gasteiger partial charge in [0.15, 0.2) is 5.96 Å². The maximum atomic E-state index is 14.1. The predicted molar refractivity (Wildman–Crippen MR) is 298 cm³/mol. The van der Waals surface area contributed by atoms with Gasteiger partial charge >= 0.3 is 12.0 Å². The first-order chi connectivity index (χ1) is 37.6. The minimum Gasteiger partial charge on any atom is -0.481 e. The van der Waals surface area contributed by atoms with Crippen LogP contribution in [0, 0.1) is 17.8 Å². The van der Waals surface area contributed by atoms with Gasteiger partial charge in [0.1, 0.15) is 53.9 Å². The van der Waals surface area contributed by atoms with E-state index in [1.807, 2.05) is 13.8 Å². The number of carbonyl (C=O) groups excluding carboxylic acids is 12. The molecule has 8 atom stereocenters. The van der Waals surface area contributed by atoms with E-state index in [1.165, 1.54) is 27.7 Å². The van der Waals surface area contributed by atoms with Crippen molar-refractivity contribution in [1.29, 1.82) is 0 Å². The molecule has 0 bridgehead atoms. The fourth-order valence-corrected chi connectivity index (χ4v) is 7.77. The van der Waals surface area contributed by atoms with Crippen LogP contribution in [0.1, 0.15) is 141 Å². The summed E-state index contributed by atoms with van der Waals surface area (Å²) in [6.07, 6.45) is -0.183. The van der Waals surface area contributed by atoms with Gasteiger partial charge in [0.25, 0.3) is 0 Å². The second-order valence-corrected chi connectivity index (χ2v) is 21.4. The SMILES string of the molecule is CCNC(=O)[C@H](CC(C)C)NC(=O)C(C)(C)NC(=O)[C@H](CCCNC(N)=O)NC(=O)[C@H](CC(C)C)NC(=O)[C@H](CC)NC(=O)[C@H](C)NC(=O)[C@H](CC(C)C)NC(=O)[C@H](CC(=O)O)NC(=O)CNC(=O)[C@H](CCCN=C(N)N)NC(C)=O. The number of hydrogen-bond acceptors (Lipinski definition) is 14. The van der Waals surface area contributed by atoms with Crippen LogP contribution in [0.3, 0.4) is 0 Å². The Morgan fingerprint density at radius 2 is 0.963 bits per heavy atom. The monoisotopic (exact) mass is 1150 g/mol. The number of likely N-dealkylation sites (N-methyl/N-ethyl adjacent to an activating group) is 1. The number of urea groups is 1. The zero-order valence-electron chi connectivity index (χ0n) is 49.0. The zero-order valence-corrected chi connectivity index (χ0v) is 49.0. The van der Waals surface area contributed by atoms with Crippen molar-refractivity contribution in [2.45, 2.75) is 195 Å². The minimum absolute atomic E-state index is 0.00952. The van der Waals surface area contributed by atoms with Crippen LogP contribution >= 0.6 is 0 Å². The molecule has 13 amide bonds. The highest BCUT2D eigenvalue weighted by molar-refractivity contribution is 5.99. The van der Waals surface area contributed by atoms with E-state index in [2.05, 4.69) is 68.8 Å². The fraction of sp³-hybridized carbons (Fsp3) is 0.725. The molecule has 0 aliphatic carbocycles. The van der Waals surface area contributed by atoms with Gasteiger partial charge in [-0.05, 0) is 96.8 Å². The Balaban J connectivity index is 6.24. The Kier molecular flexibility index (Phi) is 33.6. The van der Waals surface area contributed by atoms with Crippen LogP contribution in [0.4, 0.5) is 4.79 Å². The van der Waals surface area contributed by atoms with Crippen molar-refractivity contribution in [3.63, 3.8) is 0 Å². The fourth-order valence-electron chi connectivity index (χ4n) is 7.77. The van der Waals surface area contributed by atoms with Gasteiger partial charge in [-0.15, -0.1) is 0 Å².